The summed E-state index contributed by atoms with van der Waals surface area (Å²) in [6, 6.07) is 11.4. The number of nitrogens with one attached hydrogen (secondary N) is 1. The lowest BCUT2D eigenvalue weighted by molar-refractivity contribution is -0.384. The highest BCUT2D eigenvalue weighted by molar-refractivity contribution is 6.30. The summed E-state index contributed by atoms with van der Waals surface area (Å²) in [6.07, 6.45) is 3.15. The summed E-state index contributed by atoms with van der Waals surface area (Å²) in [5.41, 5.74) is 1.30. The second-order valence-electron chi connectivity index (χ2n) is 6.10. The quantitative estimate of drug-likeness (QED) is 0.387. The monoisotopic (exact) mass is 384 g/mol. The minimum absolute atomic E-state index is 0.170. The Morgan fingerprint density at radius 3 is 2.56 bits per heavy atom. The molecule has 0 saturated heterocycles. The van der Waals surface area contributed by atoms with Crippen LogP contribution >= 0.6 is 11.6 Å². The first-order valence-corrected chi connectivity index (χ1v) is 8.57. The molecule has 0 amide bonds. The van der Waals surface area contributed by atoms with Crippen LogP contribution < -0.4 is 5.32 Å². The highest BCUT2D eigenvalue weighted by Crippen LogP contribution is 2.30. The van der Waals surface area contributed by atoms with Gasteiger partial charge in [0.05, 0.1) is 4.92 Å². The number of aryl methyl sites for hydroxylation is 1. The molecule has 2 aromatic carbocycles. The third-order valence-corrected chi connectivity index (χ3v) is 4.47. The lowest BCUT2D eigenvalue weighted by Gasteiger charge is -2.16. The zero-order chi connectivity index (χ0) is 19.6. The van der Waals surface area contributed by atoms with Crippen molar-refractivity contribution in [3.63, 3.8) is 0 Å². The molecule has 1 N–H and O–H groups in total. The minimum atomic E-state index is -0.508. The van der Waals surface area contributed by atoms with Crippen molar-refractivity contribution < 1.29 is 9.72 Å². The number of nitro benzene ring substituents is 1. The SMILES string of the molecule is CC(Nc1ccc(C(=O)c2nccn2C)cc1[N+](=O)[O-])c1ccc(Cl)cc1. The molecular formula is C19H17ClN4O3. The van der Waals surface area contributed by atoms with Crippen LogP contribution in [0.1, 0.15) is 34.7 Å². The summed E-state index contributed by atoms with van der Waals surface area (Å²) < 4.78 is 1.57. The van der Waals surface area contributed by atoms with Crippen LogP contribution in [0.15, 0.2) is 54.9 Å². The Morgan fingerprint density at radius 1 is 1.26 bits per heavy atom. The summed E-state index contributed by atoms with van der Waals surface area (Å²) in [5.74, 6) is -0.151. The van der Waals surface area contributed by atoms with Crippen molar-refractivity contribution in [2.75, 3.05) is 5.32 Å². The van der Waals surface area contributed by atoms with Crippen molar-refractivity contribution in [3.05, 3.63) is 86.9 Å². The fourth-order valence-electron chi connectivity index (χ4n) is 2.73. The summed E-state index contributed by atoms with van der Waals surface area (Å²) >= 11 is 5.90. The van der Waals surface area contributed by atoms with Gasteiger partial charge in [-0.2, -0.15) is 0 Å². The fourth-order valence-corrected chi connectivity index (χ4v) is 2.85. The van der Waals surface area contributed by atoms with Crippen LogP contribution in [0.2, 0.25) is 5.02 Å². The summed E-state index contributed by atoms with van der Waals surface area (Å²) in [4.78, 5) is 27.6. The first-order chi connectivity index (χ1) is 12.9. The van der Waals surface area contributed by atoms with Crippen LogP contribution in [-0.2, 0) is 7.05 Å². The minimum Gasteiger partial charge on any atom is -0.373 e. The number of anilines is 1. The number of nitrogens with zero attached hydrogens (tertiary/aromatic N) is 3. The standard InChI is InChI=1S/C19H17ClN4O3/c1-12(13-3-6-15(20)7-4-13)22-16-8-5-14(11-17(16)24(26)27)18(25)19-21-9-10-23(19)2/h3-12,22H,1-2H3. The van der Waals surface area contributed by atoms with Crippen LogP contribution in [0.5, 0.6) is 0 Å². The zero-order valence-electron chi connectivity index (χ0n) is 14.7. The number of ketones is 1. The summed E-state index contributed by atoms with van der Waals surface area (Å²) in [5, 5.41) is 15.3. The second kappa shape index (κ2) is 7.59. The number of benzene rings is 2. The summed E-state index contributed by atoms with van der Waals surface area (Å²) in [6.45, 7) is 1.89. The van der Waals surface area contributed by atoms with Gasteiger partial charge in [0.15, 0.2) is 5.82 Å². The molecule has 1 unspecified atom stereocenters. The number of carbonyl (C=O) groups excluding carboxylic acids is 1. The van der Waals surface area contributed by atoms with Gasteiger partial charge in [0.1, 0.15) is 5.69 Å². The van der Waals surface area contributed by atoms with Crippen LogP contribution in [0.3, 0.4) is 0 Å². The number of hydrogen-bond acceptors (Lipinski definition) is 5. The molecule has 1 aromatic heterocycles. The van der Waals surface area contributed by atoms with E-state index < -0.39 is 4.92 Å². The van der Waals surface area contributed by atoms with Gasteiger partial charge in [0.25, 0.3) is 5.69 Å². The lowest BCUT2D eigenvalue weighted by Crippen LogP contribution is -2.11. The highest BCUT2D eigenvalue weighted by Gasteiger charge is 2.21. The van der Waals surface area contributed by atoms with E-state index in [1.54, 1.807) is 42.1 Å². The molecule has 0 aliphatic carbocycles. The van der Waals surface area contributed by atoms with Gasteiger partial charge >= 0.3 is 0 Å². The molecule has 0 radical (unpaired) electrons. The van der Waals surface area contributed by atoms with E-state index in [1.165, 1.54) is 12.3 Å². The van der Waals surface area contributed by atoms with Crippen molar-refractivity contribution in [2.24, 2.45) is 7.05 Å². The van der Waals surface area contributed by atoms with E-state index in [2.05, 4.69) is 10.3 Å². The number of carbonyl (C=O) groups is 1. The Kier molecular flexibility index (Phi) is 5.23. The van der Waals surface area contributed by atoms with Gasteiger partial charge in [-0.3, -0.25) is 14.9 Å². The molecule has 3 rings (SSSR count). The van der Waals surface area contributed by atoms with Crippen molar-refractivity contribution in [2.45, 2.75) is 13.0 Å². The van der Waals surface area contributed by atoms with Gasteiger partial charge in [-0.1, -0.05) is 23.7 Å². The van der Waals surface area contributed by atoms with E-state index in [9.17, 15) is 14.9 Å². The van der Waals surface area contributed by atoms with Gasteiger partial charge in [-0.25, -0.2) is 4.98 Å². The van der Waals surface area contributed by atoms with Crippen LogP contribution in [-0.4, -0.2) is 20.3 Å². The third kappa shape index (κ3) is 3.98. The van der Waals surface area contributed by atoms with Crippen LogP contribution in [0.4, 0.5) is 11.4 Å². The normalized spacial score (nSPS) is 11.8. The molecular weight excluding hydrogens is 368 g/mol. The average molecular weight is 385 g/mol. The van der Waals surface area contributed by atoms with Crippen molar-refractivity contribution >= 4 is 28.8 Å². The Labute approximate surface area is 160 Å². The third-order valence-electron chi connectivity index (χ3n) is 4.22. The maximum absolute atomic E-state index is 12.6. The van der Waals surface area contributed by atoms with Gasteiger partial charge in [-0.15, -0.1) is 0 Å². The molecule has 3 aromatic rings. The number of aromatic nitrogens is 2. The van der Waals surface area contributed by atoms with Gasteiger partial charge < -0.3 is 9.88 Å². The van der Waals surface area contributed by atoms with Crippen LogP contribution in [0.25, 0.3) is 0 Å². The Morgan fingerprint density at radius 2 is 1.96 bits per heavy atom. The molecule has 1 atom stereocenters. The maximum atomic E-state index is 12.6. The molecule has 7 nitrogen and oxygen atoms in total. The largest absolute Gasteiger partial charge is 0.373 e. The molecule has 0 saturated carbocycles. The molecule has 8 heteroatoms. The van der Waals surface area contributed by atoms with E-state index in [4.69, 9.17) is 11.6 Å². The molecule has 0 aliphatic heterocycles. The Bertz CT molecular complexity index is 998. The predicted octanol–water partition coefficient (Wildman–Crippen LogP) is 4.39. The molecule has 0 bridgehead atoms. The molecule has 138 valence electrons. The topological polar surface area (TPSA) is 90.1 Å². The first-order valence-electron chi connectivity index (χ1n) is 8.19. The smallest absolute Gasteiger partial charge is 0.293 e. The molecule has 1 heterocycles. The predicted molar refractivity (Wildman–Crippen MR) is 103 cm³/mol. The van der Waals surface area contributed by atoms with Crippen molar-refractivity contribution in [1.82, 2.24) is 9.55 Å². The van der Waals surface area contributed by atoms with Gasteiger partial charge in [-0.05, 0) is 36.8 Å². The number of hydrogen-bond donors (Lipinski definition) is 1. The maximum Gasteiger partial charge on any atom is 0.293 e. The molecule has 0 aliphatic rings. The molecule has 27 heavy (non-hydrogen) atoms. The van der Waals surface area contributed by atoms with Gasteiger partial charge in [0, 0.05) is 42.1 Å². The lowest BCUT2D eigenvalue weighted by atomic mass is 10.1. The summed E-state index contributed by atoms with van der Waals surface area (Å²) in [7, 11) is 1.69. The van der Waals surface area contributed by atoms with E-state index in [1.807, 2.05) is 19.1 Å². The average Bonchev–Trinajstić information content (AvgIpc) is 3.07. The van der Waals surface area contributed by atoms with E-state index in [0.29, 0.717) is 10.7 Å². The number of rotatable bonds is 6. The van der Waals surface area contributed by atoms with Crippen LogP contribution in [0, 0.1) is 10.1 Å². The zero-order valence-corrected chi connectivity index (χ0v) is 15.5. The van der Waals surface area contributed by atoms with Crippen molar-refractivity contribution in [1.29, 1.82) is 0 Å². The van der Waals surface area contributed by atoms with Gasteiger partial charge in [0.2, 0.25) is 5.78 Å². The van der Waals surface area contributed by atoms with Crippen molar-refractivity contribution in [3.8, 4) is 0 Å². The Balaban J connectivity index is 1.90. The number of nitro groups is 1. The van der Waals surface area contributed by atoms with E-state index >= 15 is 0 Å². The Hall–Kier alpha value is -3.19. The molecule has 0 fully saturated rings. The number of halogens is 1. The number of imidazole rings is 1. The molecule has 0 spiro atoms. The van der Waals surface area contributed by atoms with E-state index in [0.717, 1.165) is 5.56 Å². The van der Waals surface area contributed by atoms with E-state index in [-0.39, 0.29) is 28.9 Å². The first kappa shape index (κ1) is 18.6. The fraction of sp³-hybridized carbons (Fsp3) is 0.158. The highest BCUT2D eigenvalue weighted by atomic mass is 35.5. The second-order valence-corrected chi connectivity index (χ2v) is 6.53.